The first kappa shape index (κ1) is 16.3. The van der Waals surface area contributed by atoms with Gasteiger partial charge in [0.25, 0.3) is 5.91 Å². The number of carbonyl (C=O) groups excluding carboxylic acids is 1. The molecule has 0 spiro atoms. The minimum absolute atomic E-state index is 0.0600. The van der Waals surface area contributed by atoms with E-state index in [-0.39, 0.29) is 5.91 Å². The van der Waals surface area contributed by atoms with Crippen molar-refractivity contribution in [2.45, 2.75) is 13.0 Å². The van der Waals surface area contributed by atoms with Crippen LogP contribution in [0.1, 0.15) is 16.1 Å². The summed E-state index contributed by atoms with van der Waals surface area (Å²) in [7, 11) is 1.66. The van der Waals surface area contributed by atoms with Crippen LogP contribution in [-0.2, 0) is 13.0 Å². The average Bonchev–Trinajstić information content (AvgIpc) is 3.18. The fourth-order valence-corrected chi connectivity index (χ4v) is 3.62. The third-order valence-corrected chi connectivity index (χ3v) is 4.79. The number of carbonyl (C=O) groups is 1. The fraction of sp³-hybridized carbons (Fsp3) is 0.211. The second-order valence-corrected chi connectivity index (χ2v) is 6.36. The summed E-state index contributed by atoms with van der Waals surface area (Å²) in [6.07, 6.45) is 2.54. The van der Waals surface area contributed by atoms with Gasteiger partial charge in [0.15, 0.2) is 0 Å². The summed E-state index contributed by atoms with van der Waals surface area (Å²) >= 11 is 1.64. The van der Waals surface area contributed by atoms with E-state index in [1.54, 1.807) is 18.4 Å². The third kappa shape index (κ3) is 3.21. The molecule has 0 aliphatic rings. The number of aromatic nitrogens is 1. The lowest BCUT2D eigenvalue weighted by Gasteiger charge is -2.10. The molecule has 1 N–H and O–H groups in total. The Hall–Kier alpha value is -2.53. The van der Waals surface area contributed by atoms with Crippen LogP contribution in [0.5, 0.6) is 5.75 Å². The lowest BCUT2D eigenvalue weighted by atomic mass is 10.1. The Labute approximate surface area is 145 Å². The molecule has 0 radical (unpaired) electrons. The van der Waals surface area contributed by atoms with Crippen molar-refractivity contribution in [2.75, 3.05) is 13.7 Å². The van der Waals surface area contributed by atoms with E-state index in [0.29, 0.717) is 18.8 Å². The van der Waals surface area contributed by atoms with Gasteiger partial charge in [0.2, 0.25) is 0 Å². The van der Waals surface area contributed by atoms with Crippen molar-refractivity contribution in [3.05, 3.63) is 65.7 Å². The summed E-state index contributed by atoms with van der Waals surface area (Å²) in [6, 6.07) is 11.8. The predicted octanol–water partition coefficient (Wildman–Crippen LogP) is 3.87. The zero-order chi connectivity index (χ0) is 16.9. The lowest BCUT2D eigenvalue weighted by Crippen LogP contribution is -2.27. The molecule has 0 aliphatic heterocycles. The monoisotopic (exact) mass is 340 g/mol. The normalized spacial score (nSPS) is 10.7. The van der Waals surface area contributed by atoms with Gasteiger partial charge >= 0.3 is 0 Å². The van der Waals surface area contributed by atoms with Gasteiger partial charge in [-0.25, -0.2) is 0 Å². The van der Waals surface area contributed by atoms with Gasteiger partial charge in [0.1, 0.15) is 11.4 Å². The molecule has 0 fully saturated rings. The summed E-state index contributed by atoms with van der Waals surface area (Å²) in [5, 5.41) is 5.04. The van der Waals surface area contributed by atoms with Gasteiger partial charge in [-0.2, -0.15) is 0 Å². The van der Waals surface area contributed by atoms with Gasteiger partial charge in [-0.3, -0.25) is 4.79 Å². The number of hydrogen-bond acceptors (Lipinski definition) is 3. The molecule has 2 aromatic heterocycles. The highest BCUT2D eigenvalue weighted by Gasteiger charge is 2.15. The molecule has 4 nitrogen and oxygen atoms in total. The van der Waals surface area contributed by atoms with E-state index < -0.39 is 0 Å². The van der Waals surface area contributed by atoms with Crippen LogP contribution >= 0.6 is 11.3 Å². The van der Waals surface area contributed by atoms with Crippen LogP contribution in [0.2, 0.25) is 0 Å². The smallest absolute Gasteiger partial charge is 0.267 e. The van der Waals surface area contributed by atoms with Crippen molar-refractivity contribution >= 4 is 27.5 Å². The second-order valence-electron chi connectivity index (χ2n) is 5.42. The van der Waals surface area contributed by atoms with E-state index in [1.165, 1.54) is 0 Å². The zero-order valence-corrected chi connectivity index (χ0v) is 14.4. The van der Waals surface area contributed by atoms with E-state index in [2.05, 4.69) is 11.9 Å². The topological polar surface area (TPSA) is 43.3 Å². The number of thiophene rings is 1. The van der Waals surface area contributed by atoms with Crippen LogP contribution in [0.25, 0.3) is 10.2 Å². The number of methoxy groups -OCH3 is 1. The van der Waals surface area contributed by atoms with Gasteiger partial charge in [0, 0.05) is 13.1 Å². The minimum atomic E-state index is -0.0600. The Morgan fingerprint density at radius 2 is 2.21 bits per heavy atom. The zero-order valence-electron chi connectivity index (χ0n) is 13.6. The molecule has 1 aromatic carbocycles. The van der Waals surface area contributed by atoms with Gasteiger partial charge in [-0.15, -0.1) is 17.9 Å². The number of nitrogens with one attached hydrogen (secondary N) is 1. The minimum Gasteiger partial charge on any atom is -0.496 e. The van der Waals surface area contributed by atoms with E-state index in [1.807, 2.05) is 52.4 Å². The Balaban J connectivity index is 1.70. The summed E-state index contributed by atoms with van der Waals surface area (Å²) in [6.45, 7) is 4.97. The van der Waals surface area contributed by atoms with E-state index in [9.17, 15) is 4.79 Å². The number of allylic oxidation sites excluding steroid dienone is 1. The molecule has 2 heterocycles. The van der Waals surface area contributed by atoms with Crippen LogP contribution < -0.4 is 10.1 Å². The molecular weight excluding hydrogens is 320 g/mol. The van der Waals surface area contributed by atoms with E-state index in [4.69, 9.17) is 4.74 Å². The van der Waals surface area contributed by atoms with Gasteiger partial charge in [0.05, 0.1) is 17.3 Å². The van der Waals surface area contributed by atoms with Gasteiger partial charge in [-0.1, -0.05) is 24.3 Å². The number of para-hydroxylation sites is 1. The SMILES string of the molecule is C=CCn1c(C(=O)NCCc2ccccc2OC)cc2sccc21. The predicted molar refractivity (Wildman–Crippen MR) is 99.0 cm³/mol. The lowest BCUT2D eigenvalue weighted by molar-refractivity contribution is 0.0945. The van der Waals surface area contributed by atoms with Gasteiger partial charge < -0.3 is 14.6 Å². The fourth-order valence-electron chi connectivity index (χ4n) is 2.80. The number of hydrogen-bond donors (Lipinski definition) is 1. The molecule has 0 atom stereocenters. The Morgan fingerprint density at radius 3 is 3.00 bits per heavy atom. The highest BCUT2D eigenvalue weighted by Crippen LogP contribution is 2.25. The first-order valence-corrected chi connectivity index (χ1v) is 8.70. The van der Waals surface area contributed by atoms with Crippen LogP contribution in [0.4, 0.5) is 0 Å². The summed E-state index contributed by atoms with van der Waals surface area (Å²) < 4.78 is 8.46. The summed E-state index contributed by atoms with van der Waals surface area (Å²) in [5.41, 5.74) is 2.84. The number of benzene rings is 1. The van der Waals surface area contributed by atoms with E-state index >= 15 is 0 Å². The Morgan fingerprint density at radius 1 is 1.38 bits per heavy atom. The summed E-state index contributed by atoms with van der Waals surface area (Å²) in [5.74, 6) is 0.789. The third-order valence-electron chi connectivity index (χ3n) is 3.94. The number of nitrogens with zero attached hydrogens (tertiary/aromatic N) is 1. The van der Waals surface area contributed by atoms with Crippen molar-refractivity contribution in [3.63, 3.8) is 0 Å². The van der Waals surface area contributed by atoms with Crippen molar-refractivity contribution in [2.24, 2.45) is 0 Å². The molecule has 0 saturated carbocycles. The molecule has 0 saturated heterocycles. The first-order chi connectivity index (χ1) is 11.7. The quantitative estimate of drug-likeness (QED) is 0.664. The van der Waals surface area contributed by atoms with Gasteiger partial charge in [-0.05, 0) is 35.6 Å². The van der Waals surface area contributed by atoms with E-state index in [0.717, 1.165) is 28.0 Å². The van der Waals surface area contributed by atoms with Crippen molar-refractivity contribution in [3.8, 4) is 5.75 Å². The van der Waals surface area contributed by atoms with Crippen LogP contribution in [-0.4, -0.2) is 24.1 Å². The Kier molecular flexibility index (Phi) is 5.01. The van der Waals surface area contributed by atoms with Crippen LogP contribution in [0, 0.1) is 0 Å². The average molecular weight is 340 g/mol. The van der Waals surface area contributed by atoms with Crippen LogP contribution in [0.3, 0.4) is 0 Å². The highest BCUT2D eigenvalue weighted by atomic mass is 32.1. The molecule has 24 heavy (non-hydrogen) atoms. The van der Waals surface area contributed by atoms with Crippen molar-refractivity contribution < 1.29 is 9.53 Å². The number of amides is 1. The maximum atomic E-state index is 12.6. The molecule has 0 bridgehead atoms. The molecular formula is C19H20N2O2S. The first-order valence-electron chi connectivity index (χ1n) is 7.82. The molecule has 5 heteroatoms. The summed E-state index contributed by atoms with van der Waals surface area (Å²) in [4.78, 5) is 12.6. The number of rotatable bonds is 7. The van der Waals surface area contributed by atoms with Crippen molar-refractivity contribution in [1.29, 1.82) is 0 Å². The largest absolute Gasteiger partial charge is 0.496 e. The molecule has 3 aromatic rings. The van der Waals surface area contributed by atoms with Crippen LogP contribution in [0.15, 0.2) is 54.4 Å². The maximum absolute atomic E-state index is 12.6. The second kappa shape index (κ2) is 7.36. The maximum Gasteiger partial charge on any atom is 0.267 e. The van der Waals surface area contributed by atoms with Crippen molar-refractivity contribution in [1.82, 2.24) is 9.88 Å². The molecule has 124 valence electrons. The molecule has 3 rings (SSSR count). The molecule has 1 amide bonds. The number of ether oxygens (including phenoxy) is 1. The molecule has 0 unspecified atom stereocenters. The highest BCUT2D eigenvalue weighted by molar-refractivity contribution is 7.17. The standard InChI is InChI=1S/C19H20N2O2S/c1-3-11-21-15-9-12-24-18(15)13-16(21)19(22)20-10-8-14-6-4-5-7-17(14)23-2/h3-7,9,12-13H,1,8,10-11H2,2H3,(H,20,22). The number of fused-ring (bicyclic) bond motifs is 1. The Bertz CT molecular complexity index is 863. The molecule has 0 aliphatic carbocycles.